The number of benzene rings is 2. The average molecular weight is 324 g/mol. The molecule has 1 atom stereocenters. The molecule has 1 unspecified atom stereocenters. The van der Waals surface area contributed by atoms with Gasteiger partial charge in [-0.2, -0.15) is 0 Å². The van der Waals surface area contributed by atoms with Gasteiger partial charge in [0.1, 0.15) is 6.04 Å². The van der Waals surface area contributed by atoms with Gasteiger partial charge in [0.25, 0.3) is 0 Å². The van der Waals surface area contributed by atoms with Crippen molar-refractivity contribution in [3.63, 3.8) is 0 Å². The number of nitrogens with one attached hydrogen (secondary N) is 1. The van der Waals surface area contributed by atoms with E-state index in [2.05, 4.69) is 5.32 Å². The molecule has 2 aromatic carbocycles. The largest absolute Gasteiger partial charge is 0.468 e. The fourth-order valence-corrected chi connectivity index (χ4v) is 2.45. The number of halogens is 2. The monoisotopic (exact) mass is 323 g/mol. The first-order valence-corrected chi connectivity index (χ1v) is 7.18. The van der Waals surface area contributed by atoms with E-state index in [1.807, 2.05) is 30.3 Å². The molecule has 0 aliphatic rings. The van der Waals surface area contributed by atoms with Crippen molar-refractivity contribution < 1.29 is 9.53 Å². The highest BCUT2D eigenvalue weighted by molar-refractivity contribution is 6.31. The normalized spacial score (nSPS) is 12.0. The molecule has 2 rings (SSSR count). The van der Waals surface area contributed by atoms with Crippen molar-refractivity contribution in [2.24, 2.45) is 0 Å². The number of carbonyl (C=O) groups excluding carboxylic acids is 1. The maximum Gasteiger partial charge on any atom is 0.327 e. The van der Waals surface area contributed by atoms with Crippen LogP contribution in [0.5, 0.6) is 0 Å². The molecule has 0 heterocycles. The predicted molar refractivity (Wildman–Crippen MR) is 84.5 cm³/mol. The third-order valence-corrected chi connectivity index (χ3v) is 3.82. The molecular weight excluding hydrogens is 309 g/mol. The molecule has 0 aromatic heterocycles. The van der Waals surface area contributed by atoms with E-state index in [9.17, 15) is 4.79 Å². The Bertz CT molecular complexity index is 631. The van der Waals surface area contributed by atoms with Crippen molar-refractivity contribution in [3.8, 4) is 0 Å². The summed E-state index contributed by atoms with van der Waals surface area (Å²) in [6.07, 6.45) is 0. The number of rotatable bonds is 5. The lowest BCUT2D eigenvalue weighted by molar-refractivity contribution is -0.143. The molecule has 0 bridgehead atoms. The molecule has 0 amide bonds. The van der Waals surface area contributed by atoms with Crippen molar-refractivity contribution in [2.45, 2.75) is 12.6 Å². The van der Waals surface area contributed by atoms with Gasteiger partial charge in [-0.1, -0.05) is 59.6 Å². The molecule has 21 heavy (non-hydrogen) atoms. The van der Waals surface area contributed by atoms with Crippen molar-refractivity contribution >= 4 is 29.2 Å². The van der Waals surface area contributed by atoms with Crippen LogP contribution in [-0.4, -0.2) is 13.1 Å². The second kappa shape index (κ2) is 7.46. The summed E-state index contributed by atoms with van der Waals surface area (Å²) in [6.45, 7) is 0.435. The summed E-state index contributed by atoms with van der Waals surface area (Å²) < 4.78 is 4.85. The van der Waals surface area contributed by atoms with Gasteiger partial charge in [0.15, 0.2) is 0 Å². The highest BCUT2D eigenvalue weighted by Crippen LogP contribution is 2.24. The molecule has 110 valence electrons. The summed E-state index contributed by atoms with van der Waals surface area (Å²) in [6, 6.07) is 14.0. The molecule has 5 heteroatoms. The molecule has 1 N–H and O–H groups in total. The molecule has 0 saturated carbocycles. The molecule has 3 nitrogen and oxygen atoms in total. The van der Waals surface area contributed by atoms with Crippen molar-refractivity contribution in [1.29, 1.82) is 0 Å². The lowest BCUT2D eigenvalue weighted by atomic mass is 10.1. The zero-order chi connectivity index (χ0) is 15.2. The smallest absolute Gasteiger partial charge is 0.327 e. The zero-order valence-electron chi connectivity index (χ0n) is 11.5. The molecule has 0 spiro atoms. The van der Waals surface area contributed by atoms with Gasteiger partial charge in [-0.15, -0.1) is 0 Å². The summed E-state index contributed by atoms with van der Waals surface area (Å²) in [4.78, 5) is 12.0. The predicted octanol–water partition coefficient (Wildman–Crippen LogP) is 4.00. The lowest BCUT2D eigenvalue weighted by Crippen LogP contribution is -2.29. The second-order valence-corrected chi connectivity index (χ2v) is 5.26. The quantitative estimate of drug-likeness (QED) is 0.845. The summed E-state index contributed by atoms with van der Waals surface area (Å²) >= 11 is 12.3. The Morgan fingerprint density at radius 3 is 2.33 bits per heavy atom. The summed E-state index contributed by atoms with van der Waals surface area (Å²) in [5, 5.41) is 4.30. The highest BCUT2D eigenvalue weighted by atomic mass is 35.5. The standard InChI is InChI=1S/C16H15Cl2NO2/c1-21-16(20)15(12-7-3-5-9-14(12)18)19-10-11-6-2-4-8-13(11)17/h2-9,15,19H,10H2,1H3. The van der Waals surface area contributed by atoms with Crippen molar-refractivity contribution in [3.05, 3.63) is 69.7 Å². The lowest BCUT2D eigenvalue weighted by Gasteiger charge is -2.18. The third-order valence-electron chi connectivity index (χ3n) is 3.11. The van der Waals surface area contributed by atoms with Gasteiger partial charge in [-0.05, 0) is 23.3 Å². The van der Waals surface area contributed by atoms with Crippen LogP contribution in [0.25, 0.3) is 0 Å². The molecule has 0 radical (unpaired) electrons. The Kier molecular flexibility index (Phi) is 5.62. The van der Waals surface area contributed by atoms with Gasteiger partial charge < -0.3 is 4.74 Å². The summed E-state index contributed by atoms with van der Waals surface area (Å²) in [7, 11) is 1.35. The molecule has 0 aliphatic heterocycles. The van der Waals surface area contributed by atoms with Crippen LogP contribution in [0.2, 0.25) is 10.0 Å². The minimum Gasteiger partial charge on any atom is -0.468 e. The van der Waals surface area contributed by atoms with Crippen LogP contribution in [-0.2, 0) is 16.1 Å². The Labute approximate surface area is 133 Å². The number of methoxy groups -OCH3 is 1. The summed E-state index contributed by atoms with van der Waals surface area (Å²) in [5.74, 6) is -0.393. The first-order chi connectivity index (χ1) is 10.1. The number of carbonyl (C=O) groups is 1. The SMILES string of the molecule is COC(=O)C(NCc1ccccc1Cl)c1ccccc1Cl. The maximum atomic E-state index is 12.0. The third kappa shape index (κ3) is 3.97. The van der Waals surface area contributed by atoms with E-state index in [1.165, 1.54) is 7.11 Å². The number of hydrogen-bond acceptors (Lipinski definition) is 3. The maximum absolute atomic E-state index is 12.0. The molecule has 2 aromatic rings. The first kappa shape index (κ1) is 15.8. The second-order valence-electron chi connectivity index (χ2n) is 4.45. The van der Waals surface area contributed by atoms with Crippen molar-refractivity contribution in [2.75, 3.05) is 7.11 Å². The minimum absolute atomic E-state index is 0.393. The van der Waals surface area contributed by atoms with Gasteiger partial charge >= 0.3 is 5.97 Å². The fourth-order valence-electron chi connectivity index (χ4n) is 2.00. The van der Waals surface area contributed by atoms with Crippen LogP contribution < -0.4 is 5.32 Å². The Hall–Kier alpha value is -1.55. The number of hydrogen-bond donors (Lipinski definition) is 1. The minimum atomic E-state index is -0.639. The average Bonchev–Trinajstić information content (AvgIpc) is 2.50. The molecule has 0 fully saturated rings. The zero-order valence-corrected chi connectivity index (χ0v) is 13.0. The van der Waals surface area contributed by atoms with Gasteiger partial charge in [0.05, 0.1) is 7.11 Å². The number of esters is 1. The van der Waals surface area contributed by atoms with Crippen LogP contribution in [0.3, 0.4) is 0 Å². The van der Waals surface area contributed by atoms with Gasteiger partial charge in [0, 0.05) is 16.6 Å². The van der Waals surface area contributed by atoms with E-state index < -0.39 is 12.0 Å². The molecular formula is C16H15Cl2NO2. The Morgan fingerprint density at radius 1 is 1.10 bits per heavy atom. The van der Waals surface area contributed by atoms with Crippen LogP contribution in [0.1, 0.15) is 17.2 Å². The van der Waals surface area contributed by atoms with E-state index >= 15 is 0 Å². The molecule has 0 aliphatic carbocycles. The van der Waals surface area contributed by atoms with E-state index in [-0.39, 0.29) is 0 Å². The van der Waals surface area contributed by atoms with Crippen LogP contribution in [0.4, 0.5) is 0 Å². The van der Waals surface area contributed by atoms with Gasteiger partial charge in [-0.25, -0.2) is 4.79 Å². The van der Waals surface area contributed by atoms with Gasteiger partial charge in [0.2, 0.25) is 0 Å². The van der Waals surface area contributed by atoms with Crippen LogP contribution >= 0.6 is 23.2 Å². The summed E-state index contributed by atoms with van der Waals surface area (Å²) in [5.41, 5.74) is 1.58. The van der Waals surface area contributed by atoms with E-state index in [0.717, 1.165) is 5.56 Å². The van der Waals surface area contributed by atoms with Crippen LogP contribution in [0.15, 0.2) is 48.5 Å². The topological polar surface area (TPSA) is 38.3 Å². The van der Waals surface area contributed by atoms with Crippen molar-refractivity contribution in [1.82, 2.24) is 5.32 Å². The Balaban J connectivity index is 2.21. The van der Waals surface area contributed by atoms with Crippen LogP contribution in [0, 0.1) is 0 Å². The number of ether oxygens (including phenoxy) is 1. The van der Waals surface area contributed by atoms with Gasteiger partial charge in [-0.3, -0.25) is 5.32 Å². The van der Waals surface area contributed by atoms with E-state index in [1.54, 1.807) is 18.2 Å². The highest BCUT2D eigenvalue weighted by Gasteiger charge is 2.23. The Morgan fingerprint density at radius 2 is 1.71 bits per heavy atom. The first-order valence-electron chi connectivity index (χ1n) is 6.42. The fraction of sp³-hybridized carbons (Fsp3) is 0.188. The van der Waals surface area contributed by atoms with E-state index in [4.69, 9.17) is 27.9 Å². The molecule has 0 saturated heterocycles. The van der Waals surface area contributed by atoms with E-state index in [0.29, 0.717) is 22.2 Å².